The van der Waals surface area contributed by atoms with Crippen molar-refractivity contribution in [3.63, 3.8) is 0 Å². The van der Waals surface area contributed by atoms with Crippen molar-refractivity contribution in [3.05, 3.63) is 95.9 Å². The molecule has 5 aromatic rings. The first kappa shape index (κ1) is 20.2. The van der Waals surface area contributed by atoms with Gasteiger partial charge in [0.15, 0.2) is 0 Å². The molecule has 0 fully saturated rings. The van der Waals surface area contributed by atoms with E-state index in [4.69, 9.17) is 5.73 Å². The van der Waals surface area contributed by atoms with Crippen LogP contribution in [0.25, 0.3) is 21.8 Å². The van der Waals surface area contributed by atoms with E-state index >= 15 is 0 Å². The Hall–Kier alpha value is -4.72. The fourth-order valence-electron chi connectivity index (χ4n) is 3.85. The highest BCUT2D eigenvalue weighted by Crippen LogP contribution is 2.23. The molecule has 0 atom stereocenters. The Morgan fingerprint density at radius 2 is 1.73 bits per heavy atom. The maximum Gasteiger partial charge on any atom is 0.256 e. The van der Waals surface area contributed by atoms with Gasteiger partial charge in [0, 0.05) is 40.3 Å². The van der Waals surface area contributed by atoms with E-state index in [2.05, 4.69) is 25.6 Å². The number of fused-ring (bicyclic) bond motifs is 2. The first-order valence-corrected chi connectivity index (χ1v) is 10.3. The Bertz CT molecular complexity index is 1510. The van der Waals surface area contributed by atoms with Crippen LogP contribution in [0.1, 0.15) is 26.3 Å². The van der Waals surface area contributed by atoms with Crippen LogP contribution < -0.4 is 16.4 Å². The fraction of sp³-hybridized carbons (Fsp3) is 0.0400. The van der Waals surface area contributed by atoms with Crippen LogP contribution in [0.2, 0.25) is 0 Å². The third-order valence-corrected chi connectivity index (χ3v) is 5.41. The number of nitrogens with two attached hydrogens (primary N) is 1. The number of aromatic amines is 1. The summed E-state index contributed by atoms with van der Waals surface area (Å²) in [7, 11) is 0. The molecular formula is C25H20N6O2. The number of hydrogen-bond acceptors (Lipinski definition) is 5. The molecule has 2 heterocycles. The van der Waals surface area contributed by atoms with E-state index in [1.165, 1.54) is 6.33 Å². The predicted molar refractivity (Wildman–Crippen MR) is 128 cm³/mol. The fourth-order valence-corrected chi connectivity index (χ4v) is 3.85. The zero-order valence-corrected chi connectivity index (χ0v) is 17.5. The molecular weight excluding hydrogens is 416 g/mol. The minimum Gasteiger partial charge on any atom is -0.366 e. The first-order chi connectivity index (χ1) is 16.1. The molecule has 162 valence electrons. The Kier molecular flexibility index (Phi) is 5.16. The van der Waals surface area contributed by atoms with Crippen LogP contribution >= 0.6 is 0 Å². The number of nitrogens with one attached hydrogen (secondary N) is 3. The van der Waals surface area contributed by atoms with Gasteiger partial charge in [0.25, 0.3) is 11.8 Å². The molecule has 33 heavy (non-hydrogen) atoms. The van der Waals surface area contributed by atoms with Crippen LogP contribution in [-0.4, -0.2) is 26.8 Å². The molecule has 8 heteroatoms. The monoisotopic (exact) mass is 436 g/mol. The van der Waals surface area contributed by atoms with Crippen molar-refractivity contribution < 1.29 is 9.59 Å². The quantitative estimate of drug-likeness (QED) is 0.319. The third kappa shape index (κ3) is 3.97. The number of rotatable bonds is 6. The van der Waals surface area contributed by atoms with Gasteiger partial charge in [-0.05, 0) is 48.0 Å². The lowest BCUT2D eigenvalue weighted by atomic mass is 10.1. The highest BCUT2D eigenvalue weighted by atomic mass is 16.2. The number of nitrogens with zero attached hydrogens (tertiary/aromatic N) is 2. The van der Waals surface area contributed by atoms with E-state index in [0.29, 0.717) is 40.1 Å². The average molecular weight is 436 g/mol. The Morgan fingerprint density at radius 1 is 0.909 bits per heavy atom. The van der Waals surface area contributed by atoms with Gasteiger partial charge in [-0.1, -0.05) is 24.3 Å². The summed E-state index contributed by atoms with van der Waals surface area (Å²) in [6.45, 7) is 0.462. The number of carbonyl (C=O) groups is 2. The molecule has 2 aromatic heterocycles. The number of anilines is 2. The predicted octanol–water partition coefficient (Wildman–Crippen LogP) is 4.07. The Morgan fingerprint density at radius 3 is 2.61 bits per heavy atom. The van der Waals surface area contributed by atoms with Crippen molar-refractivity contribution in [1.29, 1.82) is 0 Å². The minimum absolute atomic E-state index is 0.175. The Labute approximate surface area is 188 Å². The summed E-state index contributed by atoms with van der Waals surface area (Å²) in [5.74, 6) is -0.119. The number of hydrogen-bond donors (Lipinski definition) is 4. The zero-order valence-electron chi connectivity index (χ0n) is 17.5. The van der Waals surface area contributed by atoms with E-state index in [9.17, 15) is 9.59 Å². The second-order valence-electron chi connectivity index (χ2n) is 7.54. The van der Waals surface area contributed by atoms with Gasteiger partial charge in [0.2, 0.25) is 0 Å². The maximum absolute atomic E-state index is 12.9. The number of H-pyrrole nitrogens is 1. The normalized spacial score (nSPS) is 10.9. The van der Waals surface area contributed by atoms with Crippen molar-refractivity contribution in [2.24, 2.45) is 5.73 Å². The van der Waals surface area contributed by atoms with E-state index in [0.717, 1.165) is 16.5 Å². The summed E-state index contributed by atoms with van der Waals surface area (Å²) in [6.07, 6.45) is 3.21. The van der Waals surface area contributed by atoms with E-state index in [1.54, 1.807) is 18.2 Å². The molecule has 0 unspecified atom stereocenters. The number of benzene rings is 3. The van der Waals surface area contributed by atoms with Gasteiger partial charge in [0.1, 0.15) is 12.1 Å². The van der Waals surface area contributed by atoms with Crippen LogP contribution in [0.5, 0.6) is 0 Å². The summed E-state index contributed by atoms with van der Waals surface area (Å²) in [5, 5.41) is 7.83. The first-order valence-electron chi connectivity index (χ1n) is 10.3. The summed E-state index contributed by atoms with van der Waals surface area (Å²) >= 11 is 0. The molecule has 5 rings (SSSR count). The molecule has 8 nitrogen and oxygen atoms in total. The van der Waals surface area contributed by atoms with Crippen molar-refractivity contribution in [2.75, 3.05) is 10.6 Å². The van der Waals surface area contributed by atoms with Crippen LogP contribution in [0.4, 0.5) is 11.5 Å². The minimum atomic E-state index is -0.538. The topological polar surface area (TPSA) is 126 Å². The molecule has 0 saturated heterocycles. The molecule has 2 amide bonds. The Balaban J connectivity index is 1.34. The number of para-hydroxylation sites is 1. The van der Waals surface area contributed by atoms with Gasteiger partial charge in [-0.3, -0.25) is 9.59 Å². The molecule has 0 aliphatic rings. The second kappa shape index (κ2) is 8.43. The van der Waals surface area contributed by atoms with Crippen molar-refractivity contribution in [2.45, 2.75) is 6.54 Å². The van der Waals surface area contributed by atoms with Crippen molar-refractivity contribution in [1.82, 2.24) is 15.0 Å². The number of primary amides is 1. The lowest BCUT2D eigenvalue weighted by molar-refractivity contribution is 0.0999. The number of amides is 2. The molecule has 0 bridgehead atoms. The molecule has 0 radical (unpaired) electrons. The molecule has 3 aromatic carbocycles. The number of aromatic nitrogens is 3. The van der Waals surface area contributed by atoms with Gasteiger partial charge in [-0.25, -0.2) is 9.97 Å². The smallest absolute Gasteiger partial charge is 0.256 e. The highest BCUT2D eigenvalue weighted by Gasteiger charge is 2.12. The molecule has 5 N–H and O–H groups in total. The van der Waals surface area contributed by atoms with E-state index in [1.807, 2.05) is 54.7 Å². The lowest BCUT2D eigenvalue weighted by Gasteiger charge is -2.11. The van der Waals surface area contributed by atoms with Crippen LogP contribution in [0.15, 0.2) is 79.3 Å². The third-order valence-electron chi connectivity index (χ3n) is 5.41. The SMILES string of the molecule is NC(=O)c1cccc2c(NCc3cccc(NC(=O)c4cccc5[nH]ccc45)c3)ncnc12. The summed E-state index contributed by atoms with van der Waals surface area (Å²) in [6, 6.07) is 20.3. The van der Waals surface area contributed by atoms with Crippen LogP contribution in [0, 0.1) is 0 Å². The average Bonchev–Trinajstić information content (AvgIpc) is 3.31. The van der Waals surface area contributed by atoms with Crippen molar-refractivity contribution in [3.8, 4) is 0 Å². The van der Waals surface area contributed by atoms with Gasteiger partial charge in [-0.2, -0.15) is 0 Å². The lowest BCUT2D eigenvalue weighted by Crippen LogP contribution is -2.13. The zero-order chi connectivity index (χ0) is 22.8. The largest absolute Gasteiger partial charge is 0.366 e. The van der Waals surface area contributed by atoms with Crippen LogP contribution in [0.3, 0.4) is 0 Å². The summed E-state index contributed by atoms with van der Waals surface area (Å²) in [4.78, 5) is 36.2. The summed E-state index contributed by atoms with van der Waals surface area (Å²) < 4.78 is 0. The van der Waals surface area contributed by atoms with Gasteiger partial charge in [-0.15, -0.1) is 0 Å². The van der Waals surface area contributed by atoms with Crippen molar-refractivity contribution >= 4 is 45.1 Å². The van der Waals surface area contributed by atoms with E-state index in [-0.39, 0.29) is 5.91 Å². The summed E-state index contributed by atoms with van der Waals surface area (Å²) in [5.41, 5.74) is 9.47. The maximum atomic E-state index is 12.9. The van der Waals surface area contributed by atoms with Gasteiger partial charge < -0.3 is 21.4 Å². The molecule has 0 aliphatic heterocycles. The van der Waals surface area contributed by atoms with E-state index < -0.39 is 5.91 Å². The van der Waals surface area contributed by atoms with Gasteiger partial charge >= 0.3 is 0 Å². The highest BCUT2D eigenvalue weighted by molar-refractivity contribution is 6.12. The standard InChI is InChI=1S/C25H20N6O2/c26-23(32)19-7-2-8-20-22(19)29-14-30-24(20)28-13-15-4-1-5-16(12-15)31-25(33)18-6-3-9-21-17(18)10-11-27-21/h1-12,14,27H,13H2,(H2,26,32)(H,31,33)(H,28,29,30). The molecule has 0 aliphatic carbocycles. The van der Waals surface area contributed by atoms with Gasteiger partial charge in [0.05, 0.1) is 11.1 Å². The second-order valence-corrected chi connectivity index (χ2v) is 7.54. The van der Waals surface area contributed by atoms with Crippen LogP contribution in [-0.2, 0) is 6.54 Å². The molecule has 0 spiro atoms. The number of carbonyl (C=O) groups excluding carboxylic acids is 2. The molecule has 0 saturated carbocycles.